The van der Waals surface area contributed by atoms with E-state index >= 15 is 0 Å². The molecule has 0 unspecified atom stereocenters. The van der Waals surface area contributed by atoms with Gasteiger partial charge in [-0.25, -0.2) is 0 Å². The van der Waals surface area contributed by atoms with Crippen LogP contribution in [0, 0.1) is 22.7 Å². The molecule has 0 aliphatic carbocycles. The van der Waals surface area contributed by atoms with Gasteiger partial charge in [-0.2, -0.15) is 10.5 Å². The van der Waals surface area contributed by atoms with Crippen molar-refractivity contribution in [2.24, 2.45) is 5.73 Å². The Kier molecular flexibility index (Phi) is 4.09. The van der Waals surface area contributed by atoms with Crippen LogP contribution in [0.3, 0.4) is 0 Å². The topological polar surface area (TPSA) is 95.6 Å². The first-order chi connectivity index (χ1) is 12.7. The van der Waals surface area contributed by atoms with Gasteiger partial charge in [-0.05, 0) is 29.0 Å². The van der Waals surface area contributed by atoms with Gasteiger partial charge in [0.25, 0.3) is 5.56 Å². The Hall–Kier alpha value is -2.91. The molecule has 3 aromatic heterocycles. The quantitative estimate of drug-likeness (QED) is 0.719. The van der Waals surface area contributed by atoms with Crippen molar-refractivity contribution in [1.82, 2.24) is 4.57 Å². The fourth-order valence-corrected chi connectivity index (χ4v) is 5.59. The lowest BCUT2D eigenvalue weighted by atomic mass is 9.89. The zero-order valence-corrected chi connectivity index (χ0v) is 15.6. The predicted octanol–water partition coefficient (Wildman–Crippen LogP) is 1.98. The summed E-state index contributed by atoms with van der Waals surface area (Å²) >= 11 is 4.21. The number of allylic oxidation sites excluding steroid dienone is 1. The Morgan fingerprint density at radius 3 is 2.46 bits per heavy atom. The Labute approximate surface area is 160 Å². The second kappa shape index (κ2) is 6.43. The molecule has 1 aliphatic heterocycles. The molecule has 3 aromatic rings. The Morgan fingerprint density at radius 2 is 1.85 bits per heavy atom. The molecule has 0 fully saturated rings. The lowest BCUT2D eigenvalue weighted by molar-refractivity contribution is 0.914. The number of hydrogen-bond donors (Lipinski definition) is 1. The standard InChI is InChI=1S/C18H10N4OS3/c19-8-11-15(13-4-2-6-25-13)12(9-20)18-22(16(11)21)17(23)14(26-18)7-10-3-1-5-24-10/h1-7,15H,21H2/b14-7+/t15-/m1/s1. The molecule has 1 atom stereocenters. The molecule has 0 saturated carbocycles. The highest BCUT2D eigenvalue weighted by molar-refractivity contribution is 7.11. The first kappa shape index (κ1) is 16.6. The SMILES string of the molecule is N#CC1=C(N)n2c(s/c(=C/c3cccs3)c2=O)=C(C#N)[C@@H]1c1cccs1. The Bertz CT molecular complexity index is 1280. The largest absolute Gasteiger partial charge is 0.384 e. The van der Waals surface area contributed by atoms with Gasteiger partial charge in [-0.15, -0.1) is 34.0 Å². The van der Waals surface area contributed by atoms with Crippen molar-refractivity contribution in [3.63, 3.8) is 0 Å². The third-order valence-electron chi connectivity index (χ3n) is 4.03. The average Bonchev–Trinajstić information content (AvgIpc) is 3.38. The first-order valence-corrected chi connectivity index (χ1v) is 10.1. The summed E-state index contributed by atoms with van der Waals surface area (Å²) in [6.45, 7) is 0. The lowest BCUT2D eigenvalue weighted by Crippen LogP contribution is -2.38. The number of aromatic nitrogens is 1. The van der Waals surface area contributed by atoms with Crippen molar-refractivity contribution < 1.29 is 0 Å². The van der Waals surface area contributed by atoms with Gasteiger partial charge in [-0.3, -0.25) is 9.36 Å². The van der Waals surface area contributed by atoms with Crippen molar-refractivity contribution in [2.75, 3.05) is 0 Å². The Morgan fingerprint density at radius 1 is 1.12 bits per heavy atom. The molecule has 0 bridgehead atoms. The van der Waals surface area contributed by atoms with Crippen LogP contribution in [0.4, 0.5) is 0 Å². The fraction of sp³-hybridized carbons (Fsp3) is 0.0556. The summed E-state index contributed by atoms with van der Waals surface area (Å²) in [5.74, 6) is -0.426. The highest BCUT2D eigenvalue weighted by Crippen LogP contribution is 2.37. The summed E-state index contributed by atoms with van der Waals surface area (Å²) in [5.41, 5.74) is 6.51. The number of nitriles is 2. The molecule has 26 heavy (non-hydrogen) atoms. The maximum atomic E-state index is 12.9. The van der Waals surface area contributed by atoms with Gasteiger partial charge in [0.05, 0.1) is 33.7 Å². The van der Waals surface area contributed by atoms with Crippen LogP contribution in [0.5, 0.6) is 0 Å². The molecule has 4 rings (SSSR count). The van der Waals surface area contributed by atoms with E-state index in [9.17, 15) is 15.3 Å². The van der Waals surface area contributed by atoms with Crippen LogP contribution >= 0.6 is 34.0 Å². The van der Waals surface area contributed by atoms with E-state index < -0.39 is 5.92 Å². The van der Waals surface area contributed by atoms with Crippen molar-refractivity contribution in [3.05, 3.63) is 69.9 Å². The molecule has 8 heteroatoms. The highest BCUT2D eigenvalue weighted by Gasteiger charge is 2.32. The second-order valence-corrected chi connectivity index (χ2v) is 8.45. The number of nitrogens with two attached hydrogens (primary N) is 1. The average molecular weight is 395 g/mol. The van der Waals surface area contributed by atoms with Gasteiger partial charge in [0.1, 0.15) is 10.5 Å². The number of hydrogen-bond acceptors (Lipinski definition) is 7. The molecule has 0 radical (unpaired) electrons. The maximum Gasteiger partial charge on any atom is 0.274 e. The molecule has 0 amide bonds. The van der Waals surface area contributed by atoms with E-state index in [1.807, 2.05) is 35.0 Å². The molecule has 126 valence electrons. The molecular weight excluding hydrogens is 384 g/mol. The monoisotopic (exact) mass is 394 g/mol. The zero-order chi connectivity index (χ0) is 18.3. The molecule has 4 heterocycles. The Balaban J connectivity index is 2.11. The molecule has 2 N–H and O–H groups in total. The van der Waals surface area contributed by atoms with Crippen molar-refractivity contribution in [1.29, 1.82) is 10.5 Å². The van der Waals surface area contributed by atoms with Crippen LogP contribution in [0.1, 0.15) is 15.7 Å². The van der Waals surface area contributed by atoms with E-state index in [0.29, 0.717) is 14.8 Å². The highest BCUT2D eigenvalue weighted by atomic mass is 32.1. The van der Waals surface area contributed by atoms with Crippen LogP contribution in [0.2, 0.25) is 0 Å². The van der Waals surface area contributed by atoms with E-state index in [1.165, 1.54) is 38.6 Å². The van der Waals surface area contributed by atoms with Crippen LogP contribution in [0.25, 0.3) is 17.5 Å². The molecule has 5 nitrogen and oxygen atoms in total. The first-order valence-electron chi connectivity index (χ1n) is 7.50. The van der Waals surface area contributed by atoms with Crippen LogP contribution < -0.4 is 20.5 Å². The van der Waals surface area contributed by atoms with Gasteiger partial charge >= 0.3 is 0 Å². The second-order valence-electron chi connectivity index (χ2n) is 5.46. The van der Waals surface area contributed by atoms with Crippen molar-refractivity contribution in [3.8, 4) is 12.1 Å². The van der Waals surface area contributed by atoms with Gasteiger partial charge < -0.3 is 5.73 Å². The van der Waals surface area contributed by atoms with Crippen molar-refractivity contribution >= 4 is 51.5 Å². The number of thiophene rings is 2. The molecule has 1 aliphatic rings. The van der Waals surface area contributed by atoms with E-state index in [0.717, 1.165) is 9.75 Å². The zero-order valence-electron chi connectivity index (χ0n) is 13.2. The molecule has 0 aromatic carbocycles. The van der Waals surface area contributed by atoms with Crippen molar-refractivity contribution in [2.45, 2.75) is 5.92 Å². The van der Waals surface area contributed by atoms with Crippen LogP contribution in [-0.2, 0) is 0 Å². The van der Waals surface area contributed by atoms with Gasteiger partial charge in [-0.1, -0.05) is 12.1 Å². The molecule has 0 spiro atoms. The lowest BCUT2D eigenvalue weighted by Gasteiger charge is -2.20. The minimum Gasteiger partial charge on any atom is -0.384 e. The van der Waals surface area contributed by atoms with E-state index in [-0.39, 0.29) is 17.0 Å². The number of nitrogens with zero attached hydrogens (tertiary/aromatic N) is 3. The third-order valence-corrected chi connectivity index (χ3v) is 6.90. The molecule has 0 saturated heterocycles. The van der Waals surface area contributed by atoms with Crippen LogP contribution in [0.15, 0.2) is 45.4 Å². The smallest absolute Gasteiger partial charge is 0.274 e. The summed E-state index contributed by atoms with van der Waals surface area (Å²) in [4.78, 5) is 14.7. The summed E-state index contributed by atoms with van der Waals surface area (Å²) in [7, 11) is 0. The summed E-state index contributed by atoms with van der Waals surface area (Å²) in [6, 6.07) is 11.9. The number of thiazole rings is 1. The van der Waals surface area contributed by atoms with Gasteiger partial charge in [0, 0.05) is 9.75 Å². The fourth-order valence-electron chi connectivity index (χ4n) is 2.89. The minimum absolute atomic E-state index is 0.104. The normalized spacial score (nSPS) is 17.1. The summed E-state index contributed by atoms with van der Waals surface area (Å²) in [5, 5.41) is 23.3. The molecular formula is C18H10N4OS3. The van der Waals surface area contributed by atoms with E-state index in [1.54, 1.807) is 6.08 Å². The van der Waals surface area contributed by atoms with Gasteiger partial charge in [0.2, 0.25) is 0 Å². The van der Waals surface area contributed by atoms with Crippen LogP contribution in [-0.4, -0.2) is 4.57 Å². The third kappa shape index (κ3) is 2.44. The van der Waals surface area contributed by atoms with Gasteiger partial charge in [0.15, 0.2) is 0 Å². The van der Waals surface area contributed by atoms with E-state index in [2.05, 4.69) is 12.1 Å². The van der Waals surface area contributed by atoms with E-state index in [4.69, 9.17) is 5.73 Å². The minimum atomic E-state index is -0.530. The summed E-state index contributed by atoms with van der Waals surface area (Å²) in [6.07, 6.45) is 1.79. The predicted molar refractivity (Wildman–Crippen MR) is 105 cm³/mol. The summed E-state index contributed by atoms with van der Waals surface area (Å²) < 4.78 is 2.28. The number of fused-ring (bicyclic) bond motifs is 1. The maximum absolute atomic E-state index is 12.9. The number of rotatable bonds is 2.